The second kappa shape index (κ2) is 17.9. The van der Waals surface area contributed by atoms with Crippen molar-refractivity contribution in [2.75, 3.05) is 26.1 Å². The van der Waals surface area contributed by atoms with Gasteiger partial charge in [0.05, 0.1) is 19.9 Å². The van der Waals surface area contributed by atoms with Gasteiger partial charge in [-0.1, -0.05) is 182 Å². The maximum atomic E-state index is 11.2. The summed E-state index contributed by atoms with van der Waals surface area (Å²) in [5.41, 5.74) is 5.14. The van der Waals surface area contributed by atoms with Crippen molar-refractivity contribution in [3.63, 3.8) is 0 Å². The average Bonchev–Trinajstić information content (AvgIpc) is 3.66. The molecular weight excluding hydrogens is 735 g/mol. The minimum Gasteiger partial charge on any atom is -0.467 e. The van der Waals surface area contributed by atoms with Crippen molar-refractivity contribution < 1.29 is 19.3 Å². The van der Waals surface area contributed by atoms with Gasteiger partial charge in [0.15, 0.2) is 11.9 Å². The van der Waals surface area contributed by atoms with Crippen molar-refractivity contribution >= 4 is 17.1 Å². The van der Waals surface area contributed by atoms with Gasteiger partial charge in [-0.25, -0.2) is 9.97 Å². The van der Waals surface area contributed by atoms with Gasteiger partial charge in [-0.3, -0.25) is 4.57 Å². The van der Waals surface area contributed by atoms with Gasteiger partial charge in [0.2, 0.25) is 5.95 Å². The Morgan fingerprint density at radius 3 is 1.41 bits per heavy atom. The molecule has 6 aromatic carbocycles. The molecule has 2 heterocycles. The molecule has 0 spiro atoms. The lowest BCUT2D eigenvalue weighted by atomic mass is 9.77. The van der Waals surface area contributed by atoms with Crippen LogP contribution in [0.25, 0.3) is 11.2 Å². The predicted octanol–water partition coefficient (Wildman–Crippen LogP) is 9.22. The molecule has 0 saturated heterocycles. The van der Waals surface area contributed by atoms with E-state index in [1.807, 2.05) is 114 Å². The number of fused-ring (bicyclic) bond motifs is 1. The highest BCUT2D eigenvalue weighted by Crippen LogP contribution is 2.44. The first-order valence-electron chi connectivity index (χ1n) is 19.8. The minimum atomic E-state index is -1.06. The van der Waals surface area contributed by atoms with Crippen LogP contribution < -0.4 is 10.1 Å². The van der Waals surface area contributed by atoms with E-state index in [1.165, 1.54) is 0 Å². The predicted molar refractivity (Wildman–Crippen MR) is 231 cm³/mol. The lowest BCUT2D eigenvalue weighted by Gasteiger charge is -2.40. The van der Waals surface area contributed by atoms with Gasteiger partial charge in [0.25, 0.3) is 0 Å². The molecular formula is C50H47N5O4. The summed E-state index contributed by atoms with van der Waals surface area (Å²) in [6, 6.07) is 61.9. The van der Waals surface area contributed by atoms with Crippen LogP contribution in [-0.4, -0.2) is 51.7 Å². The molecule has 2 atom stereocenters. The number of hydrogen-bond acceptors (Lipinski definition) is 8. The molecule has 0 radical (unpaired) electrons. The second-order valence-electron chi connectivity index (χ2n) is 14.4. The first-order chi connectivity index (χ1) is 29.1. The van der Waals surface area contributed by atoms with E-state index in [4.69, 9.17) is 24.2 Å². The summed E-state index contributed by atoms with van der Waals surface area (Å²) in [4.78, 5) is 14.4. The van der Waals surface area contributed by atoms with Gasteiger partial charge in [-0.2, -0.15) is 4.98 Å². The van der Waals surface area contributed by atoms with Gasteiger partial charge in [0, 0.05) is 19.6 Å². The Kier molecular flexibility index (Phi) is 11.9. The Hall–Kier alpha value is -6.65. The van der Waals surface area contributed by atoms with Crippen LogP contribution in [0.3, 0.4) is 0 Å². The standard InChI is InChI=1S/C50H47N5O4/c1-57-46(59-50(41-27-15-6-16-28-41,42-29-17-7-18-30-42)43-31-19-8-20-32-43)37(36-56)33-34-55-45-44(35-51-48(53-45)58-2)52-47(55)54-49(38-21-9-3-10-22-38,39-23-11-4-12-24-39)40-25-13-5-14-26-40/h3-32,35,37,46,56H,33-34,36H2,1-2H3,(H,52,54). The normalized spacial score (nSPS) is 12.9. The molecule has 9 heteroatoms. The first kappa shape index (κ1) is 39.2. The Balaban J connectivity index is 1.22. The number of ether oxygens (including phenoxy) is 3. The molecule has 8 rings (SSSR count). The maximum absolute atomic E-state index is 11.2. The fourth-order valence-electron chi connectivity index (χ4n) is 8.10. The summed E-state index contributed by atoms with van der Waals surface area (Å²) >= 11 is 0. The summed E-state index contributed by atoms with van der Waals surface area (Å²) in [6.45, 7) is 0.180. The summed E-state index contributed by atoms with van der Waals surface area (Å²) in [5.74, 6) is 0.0876. The number of hydrogen-bond donors (Lipinski definition) is 2. The molecule has 0 fully saturated rings. The largest absolute Gasteiger partial charge is 0.467 e. The molecule has 0 aliphatic heterocycles. The summed E-state index contributed by atoms with van der Waals surface area (Å²) in [5, 5.41) is 15.2. The van der Waals surface area contributed by atoms with Crippen molar-refractivity contribution in [3.05, 3.63) is 222 Å². The number of methoxy groups -OCH3 is 2. The second-order valence-corrected chi connectivity index (χ2v) is 14.4. The van der Waals surface area contributed by atoms with Gasteiger partial charge in [0.1, 0.15) is 16.7 Å². The van der Waals surface area contributed by atoms with E-state index in [-0.39, 0.29) is 12.6 Å². The number of aryl methyl sites for hydroxylation is 1. The van der Waals surface area contributed by atoms with E-state index >= 15 is 0 Å². The van der Waals surface area contributed by atoms with Crippen LogP contribution in [0.1, 0.15) is 39.8 Å². The van der Waals surface area contributed by atoms with Crippen LogP contribution in [0.4, 0.5) is 5.95 Å². The highest BCUT2D eigenvalue weighted by molar-refractivity contribution is 5.75. The lowest BCUT2D eigenvalue weighted by Crippen LogP contribution is -2.42. The monoisotopic (exact) mass is 781 g/mol. The number of aliphatic hydroxyl groups is 1. The van der Waals surface area contributed by atoms with Gasteiger partial charge in [-0.05, 0) is 39.8 Å². The zero-order valence-electron chi connectivity index (χ0n) is 33.1. The molecule has 0 aliphatic rings. The summed E-state index contributed by atoms with van der Waals surface area (Å²) < 4.78 is 21.1. The molecule has 8 aromatic rings. The number of rotatable bonds is 17. The number of aliphatic hydroxyl groups excluding tert-OH is 1. The molecule has 0 bridgehead atoms. The molecule has 59 heavy (non-hydrogen) atoms. The summed E-state index contributed by atoms with van der Waals surface area (Å²) in [7, 11) is 3.18. The number of imidazole rings is 1. The third-order valence-electron chi connectivity index (χ3n) is 11.0. The van der Waals surface area contributed by atoms with E-state index in [0.717, 1.165) is 33.4 Å². The molecule has 2 aromatic heterocycles. The van der Waals surface area contributed by atoms with Crippen molar-refractivity contribution in [1.82, 2.24) is 19.5 Å². The third-order valence-corrected chi connectivity index (χ3v) is 11.0. The first-order valence-corrected chi connectivity index (χ1v) is 19.8. The van der Waals surface area contributed by atoms with E-state index in [1.54, 1.807) is 20.4 Å². The Morgan fingerprint density at radius 2 is 1.02 bits per heavy atom. The number of benzene rings is 6. The molecule has 0 saturated carbocycles. The fraction of sp³-hybridized carbons (Fsp3) is 0.180. The van der Waals surface area contributed by atoms with Crippen LogP contribution >= 0.6 is 0 Å². The van der Waals surface area contributed by atoms with E-state index in [0.29, 0.717) is 30.1 Å². The van der Waals surface area contributed by atoms with E-state index in [2.05, 4.69) is 83.1 Å². The highest BCUT2D eigenvalue weighted by Gasteiger charge is 2.42. The molecule has 296 valence electrons. The van der Waals surface area contributed by atoms with Crippen molar-refractivity contribution in [2.24, 2.45) is 5.92 Å². The Labute approximate surface area is 345 Å². The van der Waals surface area contributed by atoms with Crippen molar-refractivity contribution in [3.8, 4) is 6.01 Å². The Morgan fingerprint density at radius 1 is 0.593 bits per heavy atom. The number of nitrogens with zero attached hydrogens (tertiary/aromatic N) is 4. The van der Waals surface area contributed by atoms with E-state index < -0.39 is 23.3 Å². The number of anilines is 1. The van der Waals surface area contributed by atoms with Gasteiger partial charge >= 0.3 is 6.01 Å². The topological polar surface area (TPSA) is 104 Å². The molecule has 2 unspecified atom stereocenters. The lowest BCUT2D eigenvalue weighted by molar-refractivity contribution is -0.209. The van der Waals surface area contributed by atoms with Crippen LogP contribution in [0.2, 0.25) is 0 Å². The van der Waals surface area contributed by atoms with E-state index in [9.17, 15) is 5.11 Å². The smallest absolute Gasteiger partial charge is 0.318 e. The zero-order chi connectivity index (χ0) is 40.5. The third kappa shape index (κ3) is 7.71. The van der Waals surface area contributed by atoms with Crippen LogP contribution in [0, 0.1) is 5.92 Å². The SMILES string of the molecule is COc1ncc2nc(NC(c3ccccc3)(c3ccccc3)c3ccccc3)n(CCC(CO)C(OC)OC(c3ccccc3)(c3ccccc3)c3ccccc3)c2n1. The van der Waals surface area contributed by atoms with Crippen LogP contribution in [-0.2, 0) is 27.2 Å². The zero-order valence-corrected chi connectivity index (χ0v) is 33.1. The molecule has 9 nitrogen and oxygen atoms in total. The number of aromatic nitrogens is 4. The quantitative estimate of drug-likeness (QED) is 0.0697. The van der Waals surface area contributed by atoms with Gasteiger partial charge in [-0.15, -0.1) is 0 Å². The van der Waals surface area contributed by atoms with Crippen LogP contribution in [0.5, 0.6) is 6.01 Å². The van der Waals surface area contributed by atoms with Crippen LogP contribution in [0.15, 0.2) is 188 Å². The highest BCUT2D eigenvalue weighted by atomic mass is 16.7. The molecule has 2 N–H and O–H groups in total. The summed E-state index contributed by atoms with van der Waals surface area (Å²) in [6.07, 6.45) is 1.27. The maximum Gasteiger partial charge on any atom is 0.318 e. The average molecular weight is 782 g/mol. The van der Waals surface area contributed by atoms with Crippen molar-refractivity contribution in [1.29, 1.82) is 0 Å². The molecule has 0 amide bonds. The van der Waals surface area contributed by atoms with Crippen molar-refractivity contribution in [2.45, 2.75) is 30.4 Å². The van der Waals surface area contributed by atoms with Gasteiger partial charge < -0.3 is 24.6 Å². The Bertz CT molecular complexity index is 2330. The molecule has 0 aliphatic carbocycles. The minimum absolute atomic E-state index is 0.206. The fourth-order valence-corrected chi connectivity index (χ4v) is 8.10. The number of nitrogens with one attached hydrogen (secondary N) is 1.